The molecule has 3 atom stereocenters. The maximum atomic E-state index is 13.1. The van der Waals surface area contributed by atoms with Crippen LogP contribution in [0, 0.1) is 11.7 Å². The van der Waals surface area contributed by atoms with Crippen LogP contribution in [-0.2, 0) is 6.42 Å². The maximum Gasteiger partial charge on any atom is 0.141 e. The van der Waals surface area contributed by atoms with Gasteiger partial charge < -0.3 is 9.52 Å². The summed E-state index contributed by atoms with van der Waals surface area (Å²) in [5.41, 5.74) is 0.779. The number of halogens is 2. The summed E-state index contributed by atoms with van der Waals surface area (Å²) in [6.07, 6.45) is 0.767. The van der Waals surface area contributed by atoms with Gasteiger partial charge in [0, 0.05) is 12.3 Å². The SMILES string of the molecule is CC1CC1c1ccc(C(O)Cc2ccc(F)c(Cl)c2)o1. The molecule has 1 saturated carbocycles. The second kappa shape index (κ2) is 5.23. The molecule has 1 aromatic carbocycles. The van der Waals surface area contributed by atoms with Gasteiger partial charge in [-0.2, -0.15) is 0 Å². The van der Waals surface area contributed by atoms with E-state index in [2.05, 4.69) is 6.92 Å². The minimum absolute atomic E-state index is 0.0710. The van der Waals surface area contributed by atoms with Crippen LogP contribution in [0.15, 0.2) is 34.7 Å². The predicted molar refractivity (Wildman–Crippen MR) is 75.3 cm³/mol. The Hall–Kier alpha value is -1.32. The number of hydrogen-bond donors (Lipinski definition) is 1. The molecule has 0 radical (unpaired) electrons. The van der Waals surface area contributed by atoms with E-state index < -0.39 is 11.9 Å². The summed E-state index contributed by atoms with van der Waals surface area (Å²) in [5, 5.41) is 10.3. The van der Waals surface area contributed by atoms with Crippen molar-refractivity contribution in [1.82, 2.24) is 0 Å². The number of aliphatic hydroxyl groups is 1. The molecule has 2 aromatic rings. The third-order valence-corrected chi connectivity index (χ3v) is 4.15. The average molecular weight is 295 g/mol. The summed E-state index contributed by atoms with van der Waals surface area (Å²) < 4.78 is 18.8. The zero-order valence-corrected chi connectivity index (χ0v) is 11.9. The molecule has 3 rings (SSSR count). The van der Waals surface area contributed by atoms with Crippen LogP contribution in [0.5, 0.6) is 0 Å². The smallest absolute Gasteiger partial charge is 0.141 e. The lowest BCUT2D eigenvalue weighted by atomic mass is 10.1. The van der Waals surface area contributed by atoms with Crippen LogP contribution in [0.1, 0.15) is 42.5 Å². The zero-order valence-electron chi connectivity index (χ0n) is 11.1. The fourth-order valence-electron chi connectivity index (χ4n) is 2.46. The number of benzene rings is 1. The molecule has 1 aromatic heterocycles. The second-order valence-corrected chi connectivity index (χ2v) is 5.94. The first-order valence-corrected chi connectivity index (χ1v) is 7.14. The largest absolute Gasteiger partial charge is 0.463 e. The molecule has 0 spiro atoms. The molecule has 4 heteroatoms. The van der Waals surface area contributed by atoms with Crippen LogP contribution >= 0.6 is 11.6 Å². The van der Waals surface area contributed by atoms with Crippen LogP contribution in [0.2, 0.25) is 5.02 Å². The Morgan fingerprint density at radius 1 is 1.40 bits per heavy atom. The molecule has 0 bridgehead atoms. The molecule has 106 valence electrons. The first kappa shape index (κ1) is 13.7. The number of rotatable bonds is 4. The van der Waals surface area contributed by atoms with Crippen molar-refractivity contribution in [3.63, 3.8) is 0 Å². The lowest BCUT2D eigenvalue weighted by molar-refractivity contribution is 0.148. The van der Waals surface area contributed by atoms with E-state index in [-0.39, 0.29) is 5.02 Å². The molecule has 20 heavy (non-hydrogen) atoms. The topological polar surface area (TPSA) is 33.4 Å². The zero-order chi connectivity index (χ0) is 14.3. The molecule has 1 fully saturated rings. The Bertz CT molecular complexity index is 623. The van der Waals surface area contributed by atoms with Crippen LogP contribution in [0.4, 0.5) is 4.39 Å². The van der Waals surface area contributed by atoms with Crippen molar-refractivity contribution in [3.05, 3.63) is 58.3 Å². The van der Waals surface area contributed by atoms with Gasteiger partial charge in [-0.05, 0) is 42.2 Å². The van der Waals surface area contributed by atoms with Gasteiger partial charge in [-0.3, -0.25) is 0 Å². The standard InChI is InChI=1S/C16H16ClFO2/c1-9-6-11(9)15-4-5-16(20-15)14(19)8-10-2-3-13(18)12(17)7-10/h2-5,7,9,11,14,19H,6,8H2,1H3. The molecule has 3 unspecified atom stereocenters. The Morgan fingerprint density at radius 2 is 2.15 bits per heavy atom. The summed E-state index contributed by atoms with van der Waals surface area (Å²) >= 11 is 5.73. The summed E-state index contributed by atoms with van der Waals surface area (Å²) in [7, 11) is 0. The minimum atomic E-state index is -0.737. The van der Waals surface area contributed by atoms with E-state index in [0.717, 1.165) is 17.7 Å². The molecule has 0 amide bonds. The van der Waals surface area contributed by atoms with Crippen molar-refractivity contribution in [3.8, 4) is 0 Å². The van der Waals surface area contributed by atoms with E-state index in [1.165, 1.54) is 12.1 Å². The lowest BCUT2D eigenvalue weighted by Crippen LogP contribution is -2.00. The molecule has 0 saturated heterocycles. The highest BCUT2D eigenvalue weighted by molar-refractivity contribution is 6.30. The van der Waals surface area contributed by atoms with Gasteiger partial charge in [0.05, 0.1) is 5.02 Å². The van der Waals surface area contributed by atoms with Gasteiger partial charge in [0.15, 0.2) is 0 Å². The quantitative estimate of drug-likeness (QED) is 0.902. The van der Waals surface area contributed by atoms with Gasteiger partial charge in [0.25, 0.3) is 0 Å². The van der Waals surface area contributed by atoms with E-state index in [9.17, 15) is 9.50 Å². The van der Waals surface area contributed by atoms with Crippen LogP contribution < -0.4 is 0 Å². The first-order valence-electron chi connectivity index (χ1n) is 6.76. The fourth-order valence-corrected chi connectivity index (χ4v) is 2.66. The van der Waals surface area contributed by atoms with Crippen LogP contribution in [0.3, 0.4) is 0 Å². The van der Waals surface area contributed by atoms with Crippen molar-refractivity contribution in [2.75, 3.05) is 0 Å². The van der Waals surface area contributed by atoms with E-state index in [1.54, 1.807) is 6.07 Å². The van der Waals surface area contributed by atoms with Crippen molar-refractivity contribution in [1.29, 1.82) is 0 Å². The normalized spacial score (nSPS) is 22.8. The van der Waals surface area contributed by atoms with Gasteiger partial charge in [-0.25, -0.2) is 4.39 Å². The molecular formula is C16H16ClFO2. The van der Waals surface area contributed by atoms with Crippen molar-refractivity contribution in [2.24, 2.45) is 5.92 Å². The van der Waals surface area contributed by atoms with Crippen molar-refractivity contribution >= 4 is 11.6 Å². The number of aliphatic hydroxyl groups excluding tert-OH is 1. The number of hydrogen-bond acceptors (Lipinski definition) is 2. The summed E-state index contributed by atoms with van der Waals surface area (Å²) in [4.78, 5) is 0. The fraction of sp³-hybridized carbons (Fsp3) is 0.375. The summed E-state index contributed by atoms with van der Waals surface area (Å²) in [6, 6.07) is 8.22. The van der Waals surface area contributed by atoms with E-state index in [0.29, 0.717) is 24.0 Å². The van der Waals surface area contributed by atoms with Gasteiger partial charge in [0.1, 0.15) is 23.4 Å². The first-order chi connectivity index (χ1) is 9.54. The average Bonchev–Trinajstić information content (AvgIpc) is 2.95. The second-order valence-electron chi connectivity index (χ2n) is 5.53. The highest BCUT2D eigenvalue weighted by Gasteiger charge is 2.36. The third-order valence-electron chi connectivity index (χ3n) is 3.86. The van der Waals surface area contributed by atoms with Gasteiger partial charge >= 0.3 is 0 Å². The monoisotopic (exact) mass is 294 g/mol. The van der Waals surface area contributed by atoms with Crippen molar-refractivity contribution < 1.29 is 13.9 Å². The molecule has 0 aliphatic heterocycles. The lowest BCUT2D eigenvalue weighted by Gasteiger charge is -2.08. The Kier molecular flexibility index (Phi) is 3.57. The summed E-state index contributed by atoms with van der Waals surface area (Å²) in [6.45, 7) is 2.18. The van der Waals surface area contributed by atoms with Crippen LogP contribution in [0.25, 0.3) is 0 Å². The van der Waals surface area contributed by atoms with Gasteiger partial charge in [-0.1, -0.05) is 24.6 Å². The highest BCUT2D eigenvalue weighted by Crippen LogP contribution is 2.47. The van der Waals surface area contributed by atoms with Gasteiger partial charge in [0.2, 0.25) is 0 Å². The Balaban J connectivity index is 1.70. The molecule has 1 N–H and O–H groups in total. The van der Waals surface area contributed by atoms with Crippen molar-refractivity contribution in [2.45, 2.75) is 31.8 Å². The van der Waals surface area contributed by atoms with E-state index in [4.69, 9.17) is 16.0 Å². The minimum Gasteiger partial charge on any atom is -0.463 e. The predicted octanol–water partition coefficient (Wildman–Crippen LogP) is 4.47. The number of furan rings is 1. The highest BCUT2D eigenvalue weighted by atomic mass is 35.5. The molecular weight excluding hydrogens is 279 g/mol. The maximum absolute atomic E-state index is 13.1. The van der Waals surface area contributed by atoms with E-state index in [1.807, 2.05) is 12.1 Å². The molecule has 1 aliphatic rings. The van der Waals surface area contributed by atoms with Gasteiger partial charge in [-0.15, -0.1) is 0 Å². The molecule has 1 heterocycles. The molecule has 1 aliphatic carbocycles. The molecule has 2 nitrogen and oxygen atoms in total. The Morgan fingerprint density at radius 3 is 2.80 bits per heavy atom. The Labute approximate surface area is 122 Å². The van der Waals surface area contributed by atoms with E-state index >= 15 is 0 Å². The third kappa shape index (κ3) is 2.74. The van der Waals surface area contributed by atoms with Crippen LogP contribution in [-0.4, -0.2) is 5.11 Å². The summed E-state index contributed by atoms with van der Waals surface area (Å²) in [5.74, 6) is 2.22.